The molecule has 1 fully saturated rings. The summed E-state index contributed by atoms with van der Waals surface area (Å²) < 4.78 is 24.9. The first-order valence-electron chi connectivity index (χ1n) is 6.79. The Morgan fingerprint density at radius 1 is 1.25 bits per heavy atom. The highest BCUT2D eigenvalue weighted by Crippen LogP contribution is 2.33. The fourth-order valence-corrected chi connectivity index (χ4v) is 5.60. The Hall–Kier alpha value is -0.290. The van der Waals surface area contributed by atoms with Gasteiger partial charge in [0, 0.05) is 6.04 Å². The maximum Gasteiger partial charge on any atom is 0.181 e. The minimum absolute atomic E-state index is 0.0716. The Labute approximate surface area is 130 Å². The highest BCUT2D eigenvalue weighted by molar-refractivity contribution is 7.91. The van der Waals surface area contributed by atoms with Gasteiger partial charge in [0.15, 0.2) is 9.84 Å². The zero-order chi connectivity index (χ0) is 14.8. The fourth-order valence-electron chi connectivity index (χ4n) is 2.95. The van der Waals surface area contributed by atoms with E-state index in [-0.39, 0.29) is 20.7 Å². The van der Waals surface area contributed by atoms with E-state index in [9.17, 15) is 8.42 Å². The van der Waals surface area contributed by atoms with Crippen LogP contribution in [0.25, 0.3) is 0 Å². The van der Waals surface area contributed by atoms with Gasteiger partial charge in [-0.2, -0.15) is 0 Å². The second kappa shape index (κ2) is 6.65. The van der Waals surface area contributed by atoms with Crippen LogP contribution in [-0.4, -0.2) is 27.3 Å². The van der Waals surface area contributed by atoms with Gasteiger partial charge in [-0.3, -0.25) is 0 Å². The second-order valence-corrected chi connectivity index (χ2v) is 8.10. The molecule has 20 heavy (non-hydrogen) atoms. The summed E-state index contributed by atoms with van der Waals surface area (Å²) in [6.45, 7) is 0. The Morgan fingerprint density at radius 2 is 1.90 bits per heavy atom. The number of benzene rings is 1. The molecule has 0 amide bonds. The van der Waals surface area contributed by atoms with E-state index >= 15 is 0 Å². The quantitative estimate of drug-likeness (QED) is 0.894. The molecule has 2 rings (SSSR count). The summed E-state index contributed by atoms with van der Waals surface area (Å²) in [5, 5.41) is 3.67. The topological polar surface area (TPSA) is 46.2 Å². The molecule has 112 valence electrons. The van der Waals surface area contributed by atoms with Crippen molar-refractivity contribution in [2.45, 2.75) is 36.6 Å². The molecule has 1 aromatic carbocycles. The third-order valence-corrected chi connectivity index (χ3v) is 6.71. The van der Waals surface area contributed by atoms with Crippen molar-refractivity contribution in [3.05, 3.63) is 28.2 Å². The number of hydrogen-bond acceptors (Lipinski definition) is 3. The summed E-state index contributed by atoms with van der Waals surface area (Å²) in [6, 6.07) is 5.20. The minimum Gasteiger partial charge on any atom is -0.317 e. The third-order valence-electron chi connectivity index (χ3n) is 4.02. The molecule has 1 aliphatic rings. The Bertz CT molecular complexity index is 554. The largest absolute Gasteiger partial charge is 0.317 e. The number of hydrogen-bond donors (Lipinski definition) is 1. The molecular formula is C14H19Cl2NO2S. The lowest BCUT2D eigenvalue weighted by Crippen LogP contribution is -2.30. The molecule has 0 saturated heterocycles. The lowest BCUT2D eigenvalue weighted by atomic mass is 10.0. The van der Waals surface area contributed by atoms with Gasteiger partial charge >= 0.3 is 0 Å². The van der Waals surface area contributed by atoms with Gasteiger partial charge in [-0.1, -0.05) is 35.7 Å². The van der Waals surface area contributed by atoms with Crippen molar-refractivity contribution in [3.63, 3.8) is 0 Å². The van der Waals surface area contributed by atoms with Crippen LogP contribution in [0.15, 0.2) is 23.1 Å². The highest BCUT2D eigenvalue weighted by Gasteiger charge is 2.29. The second-order valence-electron chi connectivity index (χ2n) is 5.24. The summed E-state index contributed by atoms with van der Waals surface area (Å²) in [5.41, 5.74) is 0. The first-order chi connectivity index (χ1) is 9.45. The summed E-state index contributed by atoms with van der Waals surface area (Å²) in [4.78, 5) is 0.0716. The standard InChI is InChI=1S/C14H19Cl2NO2S/c1-17-13-7-2-4-10(13)8-9-20(18,19)14-11(15)5-3-6-12(14)16/h3,5-6,10,13,17H,2,4,7-9H2,1H3. The highest BCUT2D eigenvalue weighted by atomic mass is 35.5. The number of halogens is 2. The van der Waals surface area contributed by atoms with Crippen LogP contribution in [0.1, 0.15) is 25.7 Å². The number of nitrogens with one attached hydrogen (secondary N) is 1. The van der Waals surface area contributed by atoms with E-state index in [1.807, 2.05) is 7.05 Å². The summed E-state index contributed by atoms with van der Waals surface area (Å²) in [5.74, 6) is 0.510. The molecule has 0 radical (unpaired) electrons. The lowest BCUT2D eigenvalue weighted by Gasteiger charge is -2.19. The summed E-state index contributed by atoms with van der Waals surface area (Å²) in [6.07, 6.45) is 4.00. The van der Waals surface area contributed by atoms with Crippen LogP contribution in [-0.2, 0) is 9.84 Å². The zero-order valence-corrected chi connectivity index (χ0v) is 13.7. The van der Waals surface area contributed by atoms with E-state index in [2.05, 4.69) is 5.32 Å². The predicted molar refractivity (Wildman–Crippen MR) is 83.3 cm³/mol. The van der Waals surface area contributed by atoms with Gasteiger partial charge < -0.3 is 5.32 Å². The molecule has 2 atom stereocenters. The van der Waals surface area contributed by atoms with Crippen LogP contribution in [0.5, 0.6) is 0 Å². The van der Waals surface area contributed by atoms with E-state index < -0.39 is 9.84 Å². The van der Waals surface area contributed by atoms with E-state index in [4.69, 9.17) is 23.2 Å². The molecule has 0 aliphatic heterocycles. The maximum atomic E-state index is 12.4. The van der Waals surface area contributed by atoms with Crippen molar-refractivity contribution in [3.8, 4) is 0 Å². The molecule has 6 heteroatoms. The van der Waals surface area contributed by atoms with Crippen LogP contribution >= 0.6 is 23.2 Å². The van der Waals surface area contributed by atoms with Gasteiger partial charge in [-0.15, -0.1) is 0 Å². The smallest absolute Gasteiger partial charge is 0.181 e. The van der Waals surface area contributed by atoms with Gasteiger partial charge in [-0.25, -0.2) is 8.42 Å². The van der Waals surface area contributed by atoms with Crippen molar-refractivity contribution in [1.82, 2.24) is 5.32 Å². The summed E-state index contributed by atoms with van der Waals surface area (Å²) in [7, 11) is -1.50. The number of sulfone groups is 1. The van der Waals surface area contributed by atoms with Crippen molar-refractivity contribution >= 4 is 33.0 Å². The van der Waals surface area contributed by atoms with E-state index in [0.717, 1.165) is 19.3 Å². The predicted octanol–water partition coefficient (Wildman–Crippen LogP) is 3.55. The first-order valence-corrected chi connectivity index (χ1v) is 9.20. The van der Waals surface area contributed by atoms with Gasteiger partial charge in [0.1, 0.15) is 4.90 Å². The molecule has 0 spiro atoms. The van der Waals surface area contributed by atoms with Gasteiger partial charge in [-0.05, 0) is 44.4 Å². The van der Waals surface area contributed by atoms with Crippen LogP contribution in [0.2, 0.25) is 10.0 Å². The van der Waals surface area contributed by atoms with Crippen LogP contribution in [0.4, 0.5) is 0 Å². The molecule has 3 nitrogen and oxygen atoms in total. The average molecular weight is 336 g/mol. The Balaban J connectivity index is 2.12. The van der Waals surface area contributed by atoms with Gasteiger partial charge in [0.2, 0.25) is 0 Å². The fraction of sp³-hybridized carbons (Fsp3) is 0.571. The lowest BCUT2D eigenvalue weighted by molar-refractivity contribution is 0.414. The minimum atomic E-state index is -3.43. The van der Waals surface area contributed by atoms with E-state index in [1.54, 1.807) is 18.2 Å². The van der Waals surface area contributed by atoms with E-state index in [1.165, 1.54) is 0 Å². The normalized spacial score (nSPS) is 23.1. The van der Waals surface area contributed by atoms with Crippen LogP contribution in [0, 0.1) is 5.92 Å². The van der Waals surface area contributed by atoms with Crippen molar-refractivity contribution in [2.24, 2.45) is 5.92 Å². The molecule has 0 bridgehead atoms. The molecule has 1 aromatic rings. The van der Waals surface area contributed by atoms with E-state index in [0.29, 0.717) is 18.4 Å². The molecule has 1 saturated carbocycles. The molecule has 1 aliphatic carbocycles. The molecule has 0 aromatic heterocycles. The Morgan fingerprint density at radius 3 is 2.50 bits per heavy atom. The zero-order valence-electron chi connectivity index (χ0n) is 11.4. The van der Waals surface area contributed by atoms with Crippen molar-refractivity contribution in [1.29, 1.82) is 0 Å². The van der Waals surface area contributed by atoms with Gasteiger partial charge in [0.05, 0.1) is 15.8 Å². The maximum absolute atomic E-state index is 12.4. The van der Waals surface area contributed by atoms with Gasteiger partial charge in [0.25, 0.3) is 0 Å². The van der Waals surface area contributed by atoms with Crippen molar-refractivity contribution < 1.29 is 8.42 Å². The monoisotopic (exact) mass is 335 g/mol. The SMILES string of the molecule is CNC1CCCC1CCS(=O)(=O)c1c(Cl)cccc1Cl. The average Bonchev–Trinajstić information content (AvgIpc) is 2.83. The van der Waals surface area contributed by atoms with Crippen LogP contribution in [0.3, 0.4) is 0 Å². The molecular weight excluding hydrogens is 317 g/mol. The molecule has 1 N–H and O–H groups in total. The van der Waals surface area contributed by atoms with Crippen molar-refractivity contribution in [2.75, 3.05) is 12.8 Å². The third kappa shape index (κ3) is 3.48. The first kappa shape index (κ1) is 16.1. The molecule has 0 heterocycles. The summed E-state index contributed by atoms with van der Waals surface area (Å²) >= 11 is 12.0. The van der Waals surface area contributed by atoms with Crippen LogP contribution < -0.4 is 5.32 Å². The number of rotatable bonds is 5. The molecule has 2 unspecified atom stereocenters. The Kier molecular flexibility index (Phi) is 5.35.